The first kappa shape index (κ1) is 17.4. The molecule has 0 aromatic carbocycles. The molecule has 1 saturated heterocycles. The number of amides is 1. The molecule has 6 heteroatoms. The van der Waals surface area contributed by atoms with Crippen LogP contribution in [0.5, 0.6) is 0 Å². The SMILES string of the molecule is Cc1nc(C)n(C2CCCN(C(=O)COC3CCCCC3C)C2)n1. The first-order valence-electron chi connectivity index (χ1n) is 9.33. The summed E-state index contributed by atoms with van der Waals surface area (Å²) in [7, 11) is 0. The normalized spacial score (nSPS) is 28.1. The van der Waals surface area contributed by atoms with Gasteiger partial charge in [-0.1, -0.05) is 19.8 Å². The second-order valence-electron chi connectivity index (χ2n) is 7.40. The van der Waals surface area contributed by atoms with E-state index >= 15 is 0 Å². The predicted molar refractivity (Wildman–Crippen MR) is 91.7 cm³/mol. The van der Waals surface area contributed by atoms with Gasteiger partial charge in [0, 0.05) is 13.1 Å². The van der Waals surface area contributed by atoms with Crippen molar-refractivity contribution in [1.82, 2.24) is 19.7 Å². The molecule has 0 bridgehead atoms. The van der Waals surface area contributed by atoms with Gasteiger partial charge in [-0.05, 0) is 45.4 Å². The van der Waals surface area contributed by atoms with Crippen LogP contribution in [0.2, 0.25) is 0 Å². The smallest absolute Gasteiger partial charge is 0.248 e. The quantitative estimate of drug-likeness (QED) is 0.849. The van der Waals surface area contributed by atoms with Crippen LogP contribution >= 0.6 is 0 Å². The minimum absolute atomic E-state index is 0.118. The zero-order valence-corrected chi connectivity index (χ0v) is 15.2. The molecule has 24 heavy (non-hydrogen) atoms. The average molecular weight is 334 g/mol. The van der Waals surface area contributed by atoms with E-state index in [1.54, 1.807) is 0 Å². The second-order valence-corrected chi connectivity index (χ2v) is 7.40. The van der Waals surface area contributed by atoms with Gasteiger partial charge in [-0.3, -0.25) is 4.79 Å². The number of likely N-dealkylation sites (tertiary alicyclic amines) is 1. The van der Waals surface area contributed by atoms with Crippen LogP contribution in [0, 0.1) is 19.8 Å². The summed E-state index contributed by atoms with van der Waals surface area (Å²) in [6.07, 6.45) is 7.13. The summed E-state index contributed by atoms with van der Waals surface area (Å²) in [5.41, 5.74) is 0. The summed E-state index contributed by atoms with van der Waals surface area (Å²) in [6.45, 7) is 7.89. The molecule has 3 rings (SSSR count). The maximum Gasteiger partial charge on any atom is 0.248 e. The van der Waals surface area contributed by atoms with Crippen LogP contribution in [-0.2, 0) is 9.53 Å². The molecule has 134 valence electrons. The molecule has 3 unspecified atom stereocenters. The largest absolute Gasteiger partial charge is 0.368 e. The fourth-order valence-electron chi connectivity index (χ4n) is 4.06. The molecular weight excluding hydrogens is 304 g/mol. The van der Waals surface area contributed by atoms with Gasteiger partial charge in [-0.2, -0.15) is 5.10 Å². The van der Waals surface area contributed by atoms with Crippen molar-refractivity contribution in [3.63, 3.8) is 0 Å². The maximum absolute atomic E-state index is 12.6. The summed E-state index contributed by atoms with van der Waals surface area (Å²) in [5.74, 6) is 2.41. The van der Waals surface area contributed by atoms with Crippen LogP contribution in [0.4, 0.5) is 0 Å². The molecule has 0 spiro atoms. The average Bonchev–Trinajstić information content (AvgIpc) is 2.92. The minimum Gasteiger partial charge on any atom is -0.368 e. The lowest BCUT2D eigenvalue weighted by atomic mass is 9.88. The highest BCUT2D eigenvalue weighted by atomic mass is 16.5. The number of aromatic nitrogens is 3. The molecule has 3 atom stereocenters. The van der Waals surface area contributed by atoms with E-state index in [-0.39, 0.29) is 24.7 Å². The monoisotopic (exact) mass is 334 g/mol. The number of aryl methyl sites for hydroxylation is 2. The van der Waals surface area contributed by atoms with Crippen molar-refractivity contribution in [3.05, 3.63) is 11.6 Å². The molecule has 1 aromatic rings. The van der Waals surface area contributed by atoms with Gasteiger partial charge in [0.25, 0.3) is 0 Å². The second kappa shape index (κ2) is 7.64. The van der Waals surface area contributed by atoms with E-state index in [2.05, 4.69) is 17.0 Å². The van der Waals surface area contributed by atoms with Gasteiger partial charge in [-0.15, -0.1) is 0 Å². The number of piperidine rings is 1. The van der Waals surface area contributed by atoms with Crippen molar-refractivity contribution < 1.29 is 9.53 Å². The van der Waals surface area contributed by atoms with E-state index in [1.165, 1.54) is 19.3 Å². The van der Waals surface area contributed by atoms with Crippen LogP contribution in [0.15, 0.2) is 0 Å². The topological polar surface area (TPSA) is 60.2 Å². The van der Waals surface area contributed by atoms with Gasteiger partial charge in [0.2, 0.25) is 5.91 Å². The van der Waals surface area contributed by atoms with E-state index in [4.69, 9.17) is 4.74 Å². The van der Waals surface area contributed by atoms with Crippen LogP contribution in [0.1, 0.15) is 63.1 Å². The van der Waals surface area contributed by atoms with Crippen LogP contribution in [0.3, 0.4) is 0 Å². The molecule has 1 aliphatic carbocycles. The van der Waals surface area contributed by atoms with Gasteiger partial charge in [0.15, 0.2) is 0 Å². The minimum atomic E-state index is 0.118. The Balaban J connectivity index is 1.54. The Morgan fingerprint density at radius 3 is 2.71 bits per heavy atom. The number of nitrogens with zero attached hydrogens (tertiary/aromatic N) is 4. The number of hydrogen-bond donors (Lipinski definition) is 0. The van der Waals surface area contributed by atoms with E-state index in [9.17, 15) is 4.79 Å². The molecule has 2 fully saturated rings. The highest BCUT2D eigenvalue weighted by Gasteiger charge is 2.28. The molecule has 1 aliphatic heterocycles. The highest BCUT2D eigenvalue weighted by Crippen LogP contribution is 2.27. The van der Waals surface area contributed by atoms with Gasteiger partial charge < -0.3 is 9.64 Å². The Morgan fingerprint density at radius 2 is 2.00 bits per heavy atom. The molecular formula is C18H30N4O2. The lowest BCUT2D eigenvalue weighted by Gasteiger charge is -2.34. The van der Waals surface area contributed by atoms with E-state index in [0.29, 0.717) is 12.5 Å². The van der Waals surface area contributed by atoms with Gasteiger partial charge in [-0.25, -0.2) is 9.67 Å². The van der Waals surface area contributed by atoms with Gasteiger partial charge in [0.1, 0.15) is 18.3 Å². The Morgan fingerprint density at radius 1 is 1.21 bits per heavy atom. The Labute approximate surface area is 144 Å². The number of hydrogen-bond acceptors (Lipinski definition) is 4. The van der Waals surface area contributed by atoms with Crippen molar-refractivity contribution in [1.29, 1.82) is 0 Å². The molecule has 1 saturated carbocycles. The van der Waals surface area contributed by atoms with Crippen molar-refractivity contribution in [2.75, 3.05) is 19.7 Å². The third-order valence-electron chi connectivity index (χ3n) is 5.46. The molecule has 0 radical (unpaired) electrons. The van der Waals surface area contributed by atoms with Crippen LogP contribution < -0.4 is 0 Å². The van der Waals surface area contributed by atoms with Crippen LogP contribution in [0.25, 0.3) is 0 Å². The lowest BCUT2D eigenvalue weighted by molar-refractivity contribution is -0.141. The van der Waals surface area contributed by atoms with Crippen molar-refractivity contribution in [3.8, 4) is 0 Å². The van der Waals surface area contributed by atoms with Gasteiger partial charge >= 0.3 is 0 Å². The molecule has 1 aromatic heterocycles. The van der Waals surface area contributed by atoms with Crippen molar-refractivity contribution in [2.24, 2.45) is 5.92 Å². The number of rotatable bonds is 4. The first-order chi connectivity index (χ1) is 11.5. The Bertz CT molecular complexity index is 571. The third kappa shape index (κ3) is 3.97. The maximum atomic E-state index is 12.6. The Kier molecular flexibility index (Phi) is 5.54. The summed E-state index contributed by atoms with van der Waals surface area (Å²) in [6, 6.07) is 0.234. The van der Waals surface area contributed by atoms with E-state index < -0.39 is 0 Å². The van der Waals surface area contributed by atoms with Crippen LogP contribution in [-0.4, -0.2) is 51.4 Å². The Hall–Kier alpha value is -1.43. The summed E-state index contributed by atoms with van der Waals surface area (Å²) in [5, 5.41) is 4.49. The highest BCUT2D eigenvalue weighted by molar-refractivity contribution is 5.77. The van der Waals surface area contributed by atoms with Crippen molar-refractivity contribution >= 4 is 5.91 Å². The van der Waals surface area contributed by atoms with E-state index in [0.717, 1.165) is 37.5 Å². The first-order valence-corrected chi connectivity index (χ1v) is 9.33. The number of ether oxygens (including phenoxy) is 1. The van der Waals surface area contributed by atoms with Crippen molar-refractivity contribution in [2.45, 2.75) is 71.4 Å². The predicted octanol–water partition coefficient (Wildman–Crippen LogP) is 2.65. The molecule has 6 nitrogen and oxygen atoms in total. The number of carbonyl (C=O) groups excluding carboxylic acids is 1. The standard InChI is InChI=1S/C18H30N4O2/c1-13-7-4-5-9-17(13)24-12-18(23)21-10-6-8-16(11-21)22-15(3)19-14(2)20-22/h13,16-17H,4-12H2,1-3H3. The van der Waals surface area contributed by atoms with Gasteiger partial charge in [0.05, 0.1) is 12.1 Å². The molecule has 2 heterocycles. The molecule has 2 aliphatic rings. The molecule has 0 N–H and O–H groups in total. The summed E-state index contributed by atoms with van der Waals surface area (Å²) in [4.78, 5) is 18.9. The summed E-state index contributed by atoms with van der Waals surface area (Å²) >= 11 is 0. The molecule has 1 amide bonds. The fraction of sp³-hybridized carbons (Fsp3) is 0.833. The third-order valence-corrected chi connectivity index (χ3v) is 5.46. The lowest BCUT2D eigenvalue weighted by Crippen LogP contribution is -2.43. The van der Waals surface area contributed by atoms with E-state index in [1.807, 2.05) is 23.4 Å². The number of carbonyl (C=O) groups is 1. The summed E-state index contributed by atoms with van der Waals surface area (Å²) < 4.78 is 7.94. The zero-order chi connectivity index (χ0) is 17.1. The fourth-order valence-corrected chi connectivity index (χ4v) is 4.06. The zero-order valence-electron chi connectivity index (χ0n) is 15.2.